The fourth-order valence-electron chi connectivity index (χ4n) is 1.55. The third-order valence-corrected chi connectivity index (χ3v) is 2.32. The number of hydrogen-bond donors (Lipinski definition) is 1. The van der Waals surface area contributed by atoms with Crippen molar-refractivity contribution in [2.45, 2.75) is 6.43 Å². The van der Waals surface area contributed by atoms with Crippen molar-refractivity contribution in [3.05, 3.63) is 0 Å². The third kappa shape index (κ3) is 4.53. The summed E-state index contributed by atoms with van der Waals surface area (Å²) in [7, 11) is 1.53. The zero-order chi connectivity index (χ0) is 11.3. The van der Waals surface area contributed by atoms with Gasteiger partial charge < -0.3 is 10.2 Å². The van der Waals surface area contributed by atoms with Crippen LogP contribution in [-0.4, -0.2) is 68.4 Å². The highest BCUT2D eigenvalue weighted by atomic mass is 19.3. The summed E-state index contributed by atoms with van der Waals surface area (Å²) in [6.45, 7) is 2.62. The van der Waals surface area contributed by atoms with E-state index in [1.165, 1.54) is 11.9 Å². The first kappa shape index (κ1) is 12.3. The summed E-state index contributed by atoms with van der Waals surface area (Å²) in [6, 6.07) is 0. The number of rotatable bonds is 4. The third-order valence-electron chi connectivity index (χ3n) is 2.32. The lowest BCUT2D eigenvalue weighted by Gasteiger charge is -2.29. The molecule has 1 amide bonds. The Bertz CT molecular complexity index is 208. The van der Waals surface area contributed by atoms with Gasteiger partial charge in [0.2, 0.25) is 5.91 Å². The minimum atomic E-state index is -2.38. The Morgan fingerprint density at radius 1 is 1.47 bits per heavy atom. The van der Waals surface area contributed by atoms with Crippen molar-refractivity contribution in [2.75, 3.05) is 46.3 Å². The van der Waals surface area contributed by atoms with E-state index in [1.54, 1.807) is 4.90 Å². The maximum absolute atomic E-state index is 12.0. The molecule has 4 nitrogen and oxygen atoms in total. The summed E-state index contributed by atoms with van der Waals surface area (Å²) >= 11 is 0. The van der Waals surface area contributed by atoms with E-state index in [0.29, 0.717) is 13.1 Å². The fourth-order valence-corrected chi connectivity index (χ4v) is 1.55. The number of alkyl halides is 2. The minimum Gasteiger partial charge on any atom is -0.339 e. The summed E-state index contributed by atoms with van der Waals surface area (Å²) in [5.41, 5.74) is 0. The van der Waals surface area contributed by atoms with Crippen LogP contribution in [0.4, 0.5) is 8.78 Å². The number of carbonyl (C=O) groups is 1. The quantitative estimate of drug-likeness (QED) is 0.702. The number of hydrogen-bond acceptors (Lipinski definition) is 3. The lowest BCUT2D eigenvalue weighted by Crippen LogP contribution is -2.49. The second-order valence-electron chi connectivity index (χ2n) is 3.72. The van der Waals surface area contributed by atoms with Crippen LogP contribution in [0.15, 0.2) is 0 Å². The van der Waals surface area contributed by atoms with E-state index in [9.17, 15) is 13.6 Å². The van der Waals surface area contributed by atoms with Crippen molar-refractivity contribution < 1.29 is 13.6 Å². The zero-order valence-electron chi connectivity index (χ0n) is 8.88. The van der Waals surface area contributed by atoms with Crippen LogP contribution < -0.4 is 5.32 Å². The molecule has 0 unspecified atom stereocenters. The van der Waals surface area contributed by atoms with Crippen molar-refractivity contribution in [3.63, 3.8) is 0 Å². The monoisotopic (exact) mass is 221 g/mol. The van der Waals surface area contributed by atoms with E-state index in [0.717, 1.165) is 13.1 Å². The van der Waals surface area contributed by atoms with Crippen molar-refractivity contribution in [2.24, 2.45) is 0 Å². The molecule has 1 aliphatic heterocycles. The van der Waals surface area contributed by atoms with Crippen LogP contribution in [0.25, 0.3) is 0 Å². The summed E-state index contributed by atoms with van der Waals surface area (Å²) in [5, 5.41) is 3.13. The number of halogens is 2. The van der Waals surface area contributed by atoms with Crippen LogP contribution >= 0.6 is 0 Å². The van der Waals surface area contributed by atoms with Gasteiger partial charge in [0.05, 0.1) is 13.1 Å². The van der Waals surface area contributed by atoms with Gasteiger partial charge in [-0.25, -0.2) is 8.78 Å². The van der Waals surface area contributed by atoms with Crippen LogP contribution in [0.1, 0.15) is 0 Å². The molecule has 0 spiro atoms. The van der Waals surface area contributed by atoms with Gasteiger partial charge in [-0.1, -0.05) is 0 Å². The van der Waals surface area contributed by atoms with Gasteiger partial charge in [0, 0.05) is 26.2 Å². The smallest absolute Gasteiger partial charge is 0.251 e. The normalized spacial score (nSPS) is 17.5. The van der Waals surface area contributed by atoms with Gasteiger partial charge in [-0.2, -0.15) is 0 Å². The molecule has 1 fully saturated rings. The first-order valence-corrected chi connectivity index (χ1v) is 5.05. The maximum Gasteiger partial charge on any atom is 0.251 e. The minimum absolute atomic E-state index is 0.0698. The molecule has 0 atom stereocenters. The SMILES string of the molecule is CN(CC(=O)N1CCNCC1)CC(F)F. The Morgan fingerprint density at radius 3 is 2.60 bits per heavy atom. The predicted molar refractivity (Wildman–Crippen MR) is 53.0 cm³/mol. The lowest BCUT2D eigenvalue weighted by molar-refractivity contribution is -0.133. The molecule has 15 heavy (non-hydrogen) atoms. The molecule has 1 aliphatic rings. The number of nitrogens with one attached hydrogen (secondary N) is 1. The van der Waals surface area contributed by atoms with Crippen molar-refractivity contribution in [3.8, 4) is 0 Å². The molecule has 0 aromatic heterocycles. The van der Waals surface area contributed by atoms with Crippen LogP contribution in [0, 0.1) is 0 Å². The molecule has 1 saturated heterocycles. The summed E-state index contributed by atoms with van der Waals surface area (Å²) < 4.78 is 24.0. The second-order valence-corrected chi connectivity index (χ2v) is 3.72. The number of amides is 1. The van der Waals surface area contributed by atoms with Gasteiger partial charge in [0.25, 0.3) is 6.43 Å². The maximum atomic E-state index is 12.0. The number of likely N-dealkylation sites (N-methyl/N-ethyl adjacent to an activating group) is 1. The van der Waals surface area contributed by atoms with E-state index in [4.69, 9.17) is 0 Å². The lowest BCUT2D eigenvalue weighted by atomic mass is 10.3. The molecular formula is C9H17F2N3O. The molecule has 0 radical (unpaired) electrons. The van der Waals surface area contributed by atoms with Crippen molar-refractivity contribution in [1.82, 2.24) is 15.1 Å². The van der Waals surface area contributed by atoms with Gasteiger partial charge in [-0.15, -0.1) is 0 Å². The van der Waals surface area contributed by atoms with E-state index < -0.39 is 6.43 Å². The van der Waals surface area contributed by atoms with E-state index in [2.05, 4.69) is 5.32 Å². The molecule has 0 bridgehead atoms. The fraction of sp³-hybridized carbons (Fsp3) is 0.889. The van der Waals surface area contributed by atoms with Gasteiger partial charge in [0.1, 0.15) is 0 Å². The number of nitrogens with zero attached hydrogens (tertiary/aromatic N) is 2. The van der Waals surface area contributed by atoms with E-state index in [-0.39, 0.29) is 19.0 Å². The first-order chi connectivity index (χ1) is 7.09. The summed E-state index contributed by atoms with van der Waals surface area (Å²) in [5.74, 6) is -0.0698. The Kier molecular flexibility index (Phi) is 4.90. The predicted octanol–water partition coefficient (Wildman–Crippen LogP) is -0.385. The first-order valence-electron chi connectivity index (χ1n) is 5.05. The Morgan fingerprint density at radius 2 is 2.07 bits per heavy atom. The van der Waals surface area contributed by atoms with Gasteiger partial charge in [-0.3, -0.25) is 9.69 Å². The highest BCUT2D eigenvalue weighted by Crippen LogP contribution is 1.98. The van der Waals surface area contributed by atoms with Crippen LogP contribution in [0.5, 0.6) is 0 Å². The molecule has 1 rings (SSSR count). The number of carbonyl (C=O) groups excluding carboxylic acids is 1. The summed E-state index contributed by atoms with van der Waals surface area (Å²) in [6.07, 6.45) is -2.38. The van der Waals surface area contributed by atoms with E-state index >= 15 is 0 Å². The Hall–Kier alpha value is -0.750. The van der Waals surface area contributed by atoms with Gasteiger partial charge >= 0.3 is 0 Å². The van der Waals surface area contributed by atoms with Gasteiger partial charge in [-0.05, 0) is 7.05 Å². The number of piperazine rings is 1. The van der Waals surface area contributed by atoms with E-state index in [1.807, 2.05) is 0 Å². The molecule has 1 N–H and O–H groups in total. The zero-order valence-corrected chi connectivity index (χ0v) is 8.88. The van der Waals surface area contributed by atoms with Crippen molar-refractivity contribution >= 4 is 5.91 Å². The average molecular weight is 221 g/mol. The molecule has 0 saturated carbocycles. The van der Waals surface area contributed by atoms with Crippen LogP contribution in [0.2, 0.25) is 0 Å². The molecule has 88 valence electrons. The molecule has 0 aromatic rings. The molecule has 0 aromatic carbocycles. The molecule has 1 heterocycles. The Balaban J connectivity index is 2.27. The highest BCUT2D eigenvalue weighted by molar-refractivity contribution is 5.78. The van der Waals surface area contributed by atoms with Crippen LogP contribution in [-0.2, 0) is 4.79 Å². The van der Waals surface area contributed by atoms with Crippen molar-refractivity contribution in [1.29, 1.82) is 0 Å². The Labute approximate surface area is 88.2 Å². The largest absolute Gasteiger partial charge is 0.339 e. The standard InChI is InChI=1S/C9H17F2N3O/c1-13(6-8(10)11)7-9(15)14-4-2-12-3-5-14/h8,12H,2-7H2,1H3. The highest BCUT2D eigenvalue weighted by Gasteiger charge is 2.18. The summed E-state index contributed by atoms with van der Waals surface area (Å²) in [4.78, 5) is 14.7. The second kappa shape index (κ2) is 5.97. The van der Waals surface area contributed by atoms with Gasteiger partial charge in [0.15, 0.2) is 0 Å². The molecule has 0 aliphatic carbocycles. The van der Waals surface area contributed by atoms with Crippen LogP contribution in [0.3, 0.4) is 0 Å². The average Bonchev–Trinajstić information content (AvgIpc) is 2.17. The molecular weight excluding hydrogens is 204 g/mol. The topological polar surface area (TPSA) is 35.6 Å². The molecule has 6 heteroatoms.